The van der Waals surface area contributed by atoms with Gasteiger partial charge in [-0.15, -0.1) is 0 Å². The Labute approximate surface area is 83.0 Å². The van der Waals surface area contributed by atoms with Crippen LogP contribution in [-0.4, -0.2) is 55.0 Å². The van der Waals surface area contributed by atoms with Crippen molar-refractivity contribution in [3.05, 3.63) is 0 Å². The Hall–Kier alpha value is -0.810. The average molecular weight is 200 g/mol. The molecule has 0 radical (unpaired) electrons. The van der Waals surface area contributed by atoms with Gasteiger partial charge in [-0.3, -0.25) is 0 Å². The summed E-state index contributed by atoms with van der Waals surface area (Å²) in [5.41, 5.74) is 0. The highest BCUT2D eigenvalue weighted by molar-refractivity contribution is 5.65. The van der Waals surface area contributed by atoms with Crippen LogP contribution < -0.4 is 5.32 Å². The van der Waals surface area contributed by atoms with Crippen molar-refractivity contribution in [3.63, 3.8) is 0 Å². The summed E-state index contributed by atoms with van der Waals surface area (Å²) in [6, 6.07) is 0.101. The monoisotopic (exact) mass is 200 g/mol. The zero-order valence-electron chi connectivity index (χ0n) is 8.11. The van der Waals surface area contributed by atoms with E-state index in [-0.39, 0.29) is 6.04 Å². The minimum atomic E-state index is -0.802. The smallest absolute Gasteiger partial charge is 0.407 e. The molecule has 0 aromatic carbocycles. The highest BCUT2D eigenvalue weighted by Crippen LogP contribution is 2.22. The molecule has 2 heterocycles. The Morgan fingerprint density at radius 1 is 1.57 bits per heavy atom. The molecular weight excluding hydrogens is 184 g/mol. The number of amides is 1. The summed E-state index contributed by atoms with van der Waals surface area (Å²) in [5.74, 6) is 0.374. The van der Waals surface area contributed by atoms with Gasteiger partial charge in [0, 0.05) is 32.2 Å². The fraction of sp³-hybridized carbons (Fsp3) is 0.889. The largest absolute Gasteiger partial charge is 0.465 e. The van der Waals surface area contributed by atoms with Gasteiger partial charge in [0.1, 0.15) is 0 Å². The summed E-state index contributed by atoms with van der Waals surface area (Å²) < 4.78 is 5.29. The molecule has 14 heavy (non-hydrogen) atoms. The number of nitrogens with one attached hydrogen (secondary N) is 1. The summed E-state index contributed by atoms with van der Waals surface area (Å²) in [6.45, 7) is 3.60. The third-order valence-corrected chi connectivity index (χ3v) is 3.04. The summed E-state index contributed by atoms with van der Waals surface area (Å²) in [7, 11) is 0. The van der Waals surface area contributed by atoms with Gasteiger partial charge in [0.25, 0.3) is 0 Å². The van der Waals surface area contributed by atoms with Crippen molar-refractivity contribution in [2.24, 2.45) is 5.92 Å². The lowest BCUT2D eigenvalue weighted by atomic mass is 9.96. The van der Waals surface area contributed by atoms with Crippen LogP contribution in [0, 0.1) is 5.92 Å². The molecule has 5 nitrogen and oxygen atoms in total. The molecule has 0 saturated carbocycles. The Morgan fingerprint density at radius 3 is 3.07 bits per heavy atom. The van der Waals surface area contributed by atoms with Crippen LogP contribution in [0.25, 0.3) is 0 Å². The van der Waals surface area contributed by atoms with Crippen molar-refractivity contribution in [2.75, 3.05) is 32.8 Å². The molecule has 0 aromatic rings. The van der Waals surface area contributed by atoms with E-state index in [4.69, 9.17) is 9.84 Å². The molecule has 2 saturated heterocycles. The Morgan fingerprint density at radius 2 is 2.43 bits per heavy atom. The van der Waals surface area contributed by atoms with Crippen LogP contribution >= 0.6 is 0 Å². The van der Waals surface area contributed by atoms with Crippen LogP contribution in [-0.2, 0) is 4.74 Å². The quantitative estimate of drug-likeness (QED) is 0.624. The van der Waals surface area contributed by atoms with Gasteiger partial charge >= 0.3 is 6.09 Å². The van der Waals surface area contributed by atoms with Crippen molar-refractivity contribution in [1.29, 1.82) is 0 Å². The van der Waals surface area contributed by atoms with Gasteiger partial charge in [0.15, 0.2) is 0 Å². The third-order valence-electron chi connectivity index (χ3n) is 3.04. The molecule has 2 fully saturated rings. The number of ether oxygens (including phenoxy) is 1. The normalized spacial score (nSPS) is 33.3. The van der Waals surface area contributed by atoms with Crippen LogP contribution in [0.4, 0.5) is 4.79 Å². The fourth-order valence-corrected chi connectivity index (χ4v) is 2.24. The predicted molar refractivity (Wildman–Crippen MR) is 50.3 cm³/mol. The topological polar surface area (TPSA) is 61.8 Å². The Bertz CT molecular complexity index is 216. The number of hydrogen-bond acceptors (Lipinski definition) is 3. The SMILES string of the molecule is O=C(O)N1CCNC[C@H]1C1CCOC1. The molecule has 2 rings (SSSR count). The van der Waals surface area contributed by atoms with Gasteiger partial charge in [0.05, 0.1) is 12.6 Å². The van der Waals surface area contributed by atoms with Crippen molar-refractivity contribution in [1.82, 2.24) is 10.2 Å². The number of hydrogen-bond donors (Lipinski definition) is 2. The van der Waals surface area contributed by atoms with E-state index in [1.807, 2.05) is 0 Å². The van der Waals surface area contributed by atoms with Crippen LogP contribution in [0.15, 0.2) is 0 Å². The maximum Gasteiger partial charge on any atom is 0.407 e. The van der Waals surface area contributed by atoms with Crippen LogP contribution in [0.2, 0.25) is 0 Å². The van der Waals surface area contributed by atoms with Crippen LogP contribution in [0.1, 0.15) is 6.42 Å². The lowest BCUT2D eigenvalue weighted by molar-refractivity contribution is 0.0831. The first-order valence-corrected chi connectivity index (χ1v) is 5.07. The van der Waals surface area contributed by atoms with Crippen molar-refractivity contribution in [2.45, 2.75) is 12.5 Å². The standard InChI is InChI=1S/C9H16N2O3/c12-9(13)11-3-2-10-5-8(11)7-1-4-14-6-7/h7-8,10H,1-6H2,(H,12,13)/t7?,8-/m0/s1. The van der Waals surface area contributed by atoms with E-state index in [0.717, 1.165) is 26.1 Å². The minimum Gasteiger partial charge on any atom is -0.465 e. The maximum absolute atomic E-state index is 11.0. The highest BCUT2D eigenvalue weighted by atomic mass is 16.5. The minimum absolute atomic E-state index is 0.101. The molecule has 1 amide bonds. The van der Waals surface area contributed by atoms with Gasteiger partial charge in [-0.1, -0.05) is 0 Å². The van der Waals surface area contributed by atoms with Gasteiger partial charge in [-0.05, 0) is 6.42 Å². The van der Waals surface area contributed by atoms with E-state index in [1.54, 1.807) is 4.90 Å². The van der Waals surface area contributed by atoms with Gasteiger partial charge < -0.3 is 20.1 Å². The second-order valence-corrected chi connectivity index (χ2v) is 3.87. The summed E-state index contributed by atoms with van der Waals surface area (Å²) in [5, 5.41) is 12.3. The number of rotatable bonds is 1. The molecule has 5 heteroatoms. The number of carbonyl (C=O) groups is 1. The number of piperazine rings is 1. The molecule has 0 bridgehead atoms. The fourth-order valence-electron chi connectivity index (χ4n) is 2.24. The molecule has 2 aliphatic rings. The Kier molecular flexibility index (Phi) is 2.88. The molecule has 1 unspecified atom stereocenters. The van der Waals surface area contributed by atoms with E-state index >= 15 is 0 Å². The first-order valence-electron chi connectivity index (χ1n) is 5.07. The molecule has 0 aliphatic carbocycles. The van der Waals surface area contributed by atoms with E-state index in [2.05, 4.69) is 5.32 Å². The van der Waals surface area contributed by atoms with E-state index in [9.17, 15) is 4.79 Å². The predicted octanol–water partition coefficient (Wildman–Crippen LogP) is -0.0253. The van der Waals surface area contributed by atoms with E-state index < -0.39 is 6.09 Å². The second kappa shape index (κ2) is 4.14. The van der Waals surface area contributed by atoms with Crippen molar-refractivity contribution < 1.29 is 14.6 Å². The summed E-state index contributed by atoms with van der Waals surface area (Å²) in [4.78, 5) is 12.5. The first-order chi connectivity index (χ1) is 6.79. The number of carboxylic acid groups (broad SMARTS) is 1. The molecule has 2 N–H and O–H groups in total. The third kappa shape index (κ3) is 1.83. The van der Waals surface area contributed by atoms with Gasteiger partial charge in [-0.2, -0.15) is 0 Å². The zero-order valence-corrected chi connectivity index (χ0v) is 8.11. The first kappa shape index (κ1) is 9.73. The van der Waals surface area contributed by atoms with E-state index in [0.29, 0.717) is 19.1 Å². The van der Waals surface area contributed by atoms with E-state index in [1.165, 1.54) is 0 Å². The molecule has 80 valence electrons. The average Bonchev–Trinajstić information content (AvgIpc) is 2.70. The second-order valence-electron chi connectivity index (χ2n) is 3.87. The van der Waals surface area contributed by atoms with Gasteiger partial charge in [-0.25, -0.2) is 4.79 Å². The zero-order chi connectivity index (χ0) is 9.97. The summed E-state index contributed by atoms with van der Waals surface area (Å²) >= 11 is 0. The lowest BCUT2D eigenvalue weighted by Gasteiger charge is -2.37. The molecule has 2 aliphatic heterocycles. The van der Waals surface area contributed by atoms with Crippen molar-refractivity contribution in [3.8, 4) is 0 Å². The molecule has 2 atom stereocenters. The lowest BCUT2D eigenvalue weighted by Crippen LogP contribution is -2.56. The van der Waals surface area contributed by atoms with Crippen molar-refractivity contribution >= 4 is 6.09 Å². The molecule has 0 spiro atoms. The highest BCUT2D eigenvalue weighted by Gasteiger charge is 2.34. The summed E-state index contributed by atoms with van der Waals surface area (Å²) in [6.07, 6.45) is 0.180. The van der Waals surface area contributed by atoms with Crippen LogP contribution in [0.5, 0.6) is 0 Å². The molecule has 0 aromatic heterocycles. The maximum atomic E-state index is 11.0. The Balaban J connectivity index is 2.01. The van der Waals surface area contributed by atoms with Crippen LogP contribution in [0.3, 0.4) is 0 Å². The van der Waals surface area contributed by atoms with Gasteiger partial charge in [0.2, 0.25) is 0 Å². The number of nitrogens with zero attached hydrogens (tertiary/aromatic N) is 1. The molecular formula is C9H16N2O3.